The van der Waals surface area contributed by atoms with Gasteiger partial charge in [-0.2, -0.15) is 0 Å². The lowest BCUT2D eigenvalue weighted by molar-refractivity contribution is -0.128. The van der Waals surface area contributed by atoms with Crippen molar-refractivity contribution < 1.29 is 29.0 Å². The molecule has 0 bridgehead atoms. The predicted octanol–water partition coefficient (Wildman–Crippen LogP) is 5.38. The fourth-order valence-corrected chi connectivity index (χ4v) is 5.96. The molecule has 0 fully saturated rings. The molecule has 0 radical (unpaired) electrons. The average Bonchev–Trinajstić information content (AvgIpc) is 3.14. The zero-order chi connectivity index (χ0) is 38.2. The van der Waals surface area contributed by atoms with Crippen molar-refractivity contribution in [2.75, 3.05) is 6.54 Å². The summed E-state index contributed by atoms with van der Waals surface area (Å²) in [5, 5.41) is 20.5. The third-order valence-corrected chi connectivity index (χ3v) is 8.93. The molecule has 4 aromatic rings. The van der Waals surface area contributed by atoms with Gasteiger partial charge in [0.05, 0.1) is 18.7 Å². The first-order valence-corrected chi connectivity index (χ1v) is 18.0. The molecule has 0 spiro atoms. The molecule has 0 aliphatic carbocycles. The second kappa shape index (κ2) is 20.6. The molecular formula is C41H48ClN5O6. The van der Waals surface area contributed by atoms with Crippen LogP contribution in [0.25, 0.3) is 0 Å². The Bertz CT molecular complexity index is 1760. The van der Waals surface area contributed by atoms with Crippen LogP contribution in [0.15, 0.2) is 115 Å². The van der Waals surface area contributed by atoms with Crippen LogP contribution in [0.4, 0.5) is 9.59 Å². The number of urea groups is 1. The Hall–Kier alpha value is -5.39. The SMILES string of the molecule is CC(C)C[C@H](NC(=O)N(Cc1ccccc1Cl)C[C@@H](O)[C@H](Cc1ccccc1)NC(=O)OCc1ccccc1)C(=O)N[C@@H](Cc1ccccc1)C(N)=O. The minimum atomic E-state index is -1.28. The number of hydrogen-bond donors (Lipinski definition) is 5. The number of aliphatic hydroxyl groups excluding tert-OH is 1. The van der Waals surface area contributed by atoms with Gasteiger partial charge in [0, 0.05) is 18.0 Å². The Labute approximate surface area is 315 Å². The summed E-state index contributed by atoms with van der Waals surface area (Å²) in [6.07, 6.45) is -1.35. The summed E-state index contributed by atoms with van der Waals surface area (Å²) in [6, 6.07) is 31.1. The highest BCUT2D eigenvalue weighted by Crippen LogP contribution is 2.19. The Morgan fingerprint density at radius 3 is 1.85 bits per heavy atom. The lowest BCUT2D eigenvalue weighted by Gasteiger charge is -2.32. The molecule has 280 valence electrons. The molecule has 0 saturated carbocycles. The van der Waals surface area contributed by atoms with Crippen LogP contribution in [-0.4, -0.2) is 64.7 Å². The highest BCUT2D eigenvalue weighted by atomic mass is 35.5. The summed E-state index contributed by atoms with van der Waals surface area (Å²) in [5.41, 5.74) is 8.73. The van der Waals surface area contributed by atoms with E-state index < -0.39 is 48.2 Å². The second-order valence-electron chi connectivity index (χ2n) is 13.3. The van der Waals surface area contributed by atoms with E-state index in [4.69, 9.17) is 22.1 Å². The molecule has 0 aliphatic rings. The largest absolute Gasteiger partial charge is 0.445 e. The van der Waals surface area contributed by atoms with E-state index in [1.54, 1.807) is 24.3 Å². The Morgan fingerprint density at radius 2 is 1.28 bits per heavy atom. The minimum absolute atomic E-state index is 0.0174. The van der Waals surface area contributed by atoms with Gasteiger partial charge in [-0.25, -0.2) is 9.59 Å². The molecule has 4 atom stereocenters. The number of primary amides is 1. The van der Waals surface area contributed by atoms with Gasteiger partial charge in [0.15, 0.2) is 0 Å². The third-order valence-electron chi connectivity index (χ3n) is 8.56. The van der Waals surface area contributed by atoms with Gasteiger partial charge in [-0.15, -0.1) is 0 Å². The zero-order valence-corrected chi connectivity index (χ0v) is 30.7. The van der Waals surface area contributed by atoms with Crippen LogP contribution in [0.5, 0.6) is 0 Å². The third kappa shape index (κ3) is 13.6. The molecule has 53 heavy (non-hydrogen) atoms. The van der Waals surface area contributed by atoms with Gasteiger partial charge in [0.25, 0.3) is 0 Å². The molecule has 5 amide bonds. The number of hydrogen-bond acceptors (Lipinski definition) is 6. The van der Waals surface area contributed by atoms with E-state index >= 15 is 0 Å². The molecular weight excluding hydrogens is 694 g/mol. The molecule has 0 heterocycles. The van der Waals surface area contributed by atoms with Crippen LogP contribution in [0, 0.1) is 5.92 Å². The number of benzene rings is 4. The predicted molar refractivity (Wildman–Crippen MR) is 205 cm³/mol. The van der Waals surface area contributed by atoms with Crippen LogP contribution in [-0.2, 0) is 40.3 Å². The van der Waals surface area contributed by atoms with Crippen molar-refractivity contribution in [3.05, 3.63) is 143 Å². The molecule has 6 N–H and O–H groups in total. The van der Waals surface area contributed by atoms with E-state index in [-0.39, 0.29) is 44.9 Å². The topological polar surface area (TPSA) is 163 Å². The smallest absolute Gasteiger partial charge is 0.407 e. The van der Waals surface area contributed by atoms with Crippen molar-refractivity contribution in [2.24, 2.45) is 11.7 Å². The van der Waals surface area contributed by atoms with Gasteiger partial charge in [-0.3, -0.25) is 9.59 Å². The summed E-state index contributed by atoms with van der Waals surface area (Å²) >= 11 is 6.51. The van der Waals surface area contributed by atoms with Crippen molar-refractivity contribution in [3.8, 4) is 0 Å². The Morgan fingerprint density at radius 1 is 0.736 bits per heavy atom. The van der Waals surface area contributed by atoms with E-state index in [0.717, 1.165) is 16.7 Å². The molecule has 0 aromatic heterocycles. The average molecular weight is 742 g/mol. The first-order chi connectivity index (χ1) is 25.5. The van der Waals surface area contributed by atoms with Gasteiger partial charge >= 0.3 is 12.1 Å². The van der Waals surface area contributed by atoms with Crippen molar-refractivity contribution in [3.63, 3.8) is 0 Å². The summed E-state index contributed by atoms with van der Waals surface area (Å²) in [4.78, 5) is 54.6. The van der Waals surface area contributed by atoms with Gasteiger partial charge in [0.1, 0.15) is 18.7 Å². The number of carbonyl (C=O) groups excluding carboxylic acids is 4. The fourth-order valence-electron chi connectivity index (χ4n) is 5.76. The summed E-state index contributed by atoms with van der Waals surface area (Å²) in [5.74, 6) is -1.30. The molecule has 0 aliphatic heterocycles. The normalized spacial score (nSPS) is 13.2. The van der Waals surface area contributed by atoms with E-state index in [1.165, 1.54) is 4.90 Å². The maximum absolute atomic E-state index is 14.1. The number of ether oxygens (including phenoxy) is 1. The Kier molecular flexibility index (Phi) is 15.7. The lowest BCUT2D eigenvalue weighted by Crippen LogP contribution is -2.57. The van der Waals surface area contributed by atoms with Crippen LogP contribution in [0.1, 0.15) is 42.5 Å². The number of amides is 5. The summed E-state index contributed by atoms with van der Waals surface area (Å²) < 4.78 is 5.46. The molecule has 4 rings (SSSR count). The first kappa shape index (κ1) is 40.4. The van der Waals surface area contributed by atoms with Crippen molar-refractivity contribution in [2.45, 2.75) is 70.5 Å². The van der Waals surface area contributed by atoms with E-state index in [9.17, 15) is 24.3 Å². The molecule has 0 saturated heterocycles. The number of alkyl carbamates (subject to hydrolysis) is 1. The highest BCUT2D eigenvalue weighted by molar-refractivity contribution is 6.31. The van der Waals surface area contributed by atoms with E-state index in [0.29, 0.717) is 10.6 Å². The summed E-state index contributed by atoms with van der Waals surface area (Å²) in [7, 11) is 0. The van der Waals surface area contributed by atoms with Crippen molar-refractivity contribution in [1.82, 2.24) is 20.9 Å². The van der Waals surface area contributed by atoms with Gasteiger partial charge in [-0.1, -0.05) is 135 Å². The number of nitrogens with one attached hydrogen (secondary N) is 3. The van der Waals surface area contributed by atoms with Crippen LogP contribution >= 0.6 is 11.6 Å². The fraction of sp³-hybridized carbons (Fsp3) is 0.317. The zero-order valence-electron chi connectivity index (χ0n) is 30.0. The quantitative estimate of drug-likeness (QED) is 0.0920. The molecule has 12 heteroatoms. The van der Waals surface area contributed by atoms with Crippen LogP contribution in [0.3, 0.4) is 0 Å². The standard InChI is InChI=1S/C41H48ClN5O6/c1-28(2)22-36(39(50)44-35(38(43)49)24-30-16-8-4-9-17-30)45-40(51)47(25-32-20-12-13-21-33(32)42)26-37(48)34(23-29-14-6-3-7-15-29)46-41(52)53-27-31-18-10-5-11-19-31/h3-21,28,34-37,48H,22-27H2,1-2H3,(H2,43,49)(H,44,50)(H,45,51)(H,46,52)/t34-,35-,36-,37+/m0/s1. The molecule has 0 unspecified atom stereocenters. The number of halogens is 1. The van der Waals surface area contributed by atoms with Crippen LogP contribution < -0.4 is 21.7 Å². The number of nitrogens with zero attached hydrogens (tertiary/aromatic N) is 1. The summed E-state index contributed by atoms with van der Waals surface area (Å²) in [6.45, 7) is 3.57. The second-order valence-corrected chi connectivity index (χ2v) is 13.7. The number of aliphatic hydroxyl groups is 1. The molecule has 4 aromatic carbocycles. The van der Waals surface area contributed by atoms with Gasteiger partial charge in [0.2, 0.25) is 11.8 Å². The number of carbonyl (C=O) groups is 4. The van der Waals surface area contributed by atoms with Crippen molar-refractivity contribution in [1.29, 1.82) is 0 Å². The molecule has 11 nitrogen and oxygen atoms in total. The van der Waals surface area contributed by atoms with Gasteiger partial charge in [-0.05, 0) is 47.1 Å². The Balaban J connectivity index is 1.55. The highest BCUT2D eigenvalue weighted by Gasteiger charge is 2.31. The van der Waals surface area contributed by atoms with Gasteiger partial charge < -0.3 is 36.4 Å². The maximum Gasteiger partial charge on any atom is 0.407 e. The monoisotopic (exact) mass is 741 g/mol. The lowest BCUT2D eigenvalue weighted by atomic mass is 10.0. The van der Waals surface area contributed by atoms with Crippen molar-refractivity contribution >= 4 is 35.5 Å². The van der Waals surface area contributed by atoms with E-state index in [1.807, 2.05) is 105 Å². The first-order valence-electron chi connectivity index (χ1n) is 17.6. The number of rotatable bonds is 18. The minimum Gasteiger partial charge on any atom is -0.445 e. The van der Waals surface area contributed by atoms with E-state index in [2.05, 4.69) is 16.0 Å². The maximum atomic E-state index is 14.1. The van der Waals surface area contributed by atoms with Crippen LogP contribution in [0.2, 0.25) is 5.02 Å². The number of nitrogens with two attached hydrogens (primary N) is 1.